The molecule has 2 N–H and O–H groups in total. The van der Waals surface area contributed by atoms with Gasteiger partial charge in [0.25, 0.3) is 0 Å². The monoisotopic (exact) mass is 348 g/mol. The zero-order valence-corrected chi connectivity index (χ0v) is 14.2. The van der Waals surface area contributed by atoms with E-state index < -0.39 is 17.8 Å². The minimum absolute atomic E-state index is 0.0176. The molecule has 1 saturated carbocycles. The molecule has 2 aliphatic carbocycles. The van der Waals surface area contributed by atoms with Gasteiger partial charge in [0.05, 0.1) is 11.8 Å². The number of aromatic nitrogens is 1. The van der Waals surface area contributed by atoms with E-state index in [1.54, 1.807) is 12.4 Å². The largest absolute Gasteiger partial charge is 0.481 e. The molecule has 1 aromatic heterocycles. The summed E-state index contributed by atoms with van der Waals surface area (Å²) in [5, 5.41) is 12.4. The van der Waals surface area contributed by atoms with Crippen LogP contribution in [0.4, 0.5) is 5.69 Å². The number of allylic oxidation sites excluding steroid dienone is 2. The maximum atomic E-state index is 12.7. The van der Waals surface area contributed by atoms with E-state index in [1.165, 1.54) is 5.56 Å². The summed E-state index contributed by atoms with van der Waals surface area (Å²) in [5.41, 5.74) is 3.01. The number of carbonyl (C=O) groups excluding carboxylic acids is 1. The maximum absolute atomic E-state index is 12.7. The van der Waals surface area contributed by atoms with Crippen molar-refractivity contribution in [3.8, 4) is 0 Å². The fourth-order valence-electron chi connectivity index (χ4n) is 4.18. The van der Waals surface area contributed by atoms with Crippen molar-refractivity contribution in [2.45, 2.75) is 12.8 Å². The summed E-state index contributed by atoms with van der Waals surface area (Å²) in [6.07, 6.45) is 9.04. The summed E-state index contributed by atoms with van der Waals surface area (Å²) in [4.78, 5) is 28.3. The minimum atomic E-state index is -0.880. The molecule has 1 amide bonds. The van der Waals surface area contributed by atoms with Crippen molar-refractivity contribution in [2.75, 3.05) is 5.32 Å². The Morgan fingerprint density at radius 2 is 1.58 bits per heavy atom. The molecule has 0 unspecified atom stereocenters. The van der Waals surface area contributed by atoms with Gasteiger partial charge in [-0.2, -0.15) is 0 Å². The molecular formula is C21H20N2O3. The molecule has 26 heavy (non-hydrogen) atoms. The number of carbonyl (C=O) groups is 2. The Morgan fingerprint density at radius 3 is 2.23 bits per heavy atom. The first kappa shape index (κ1) is 16.5. The number of aliphatic carboxylic acids is 1. The van der Waals surface area contributed by atoms with Gasteiger partial charge in [0, 0.05) is 18.1 Å². The van der Waals surface area contributed by atoms with Gasteiger partial charge < -0.3 is 10.4 Å². The van der Waals surface area contributed by atoms with Crippen LogP contribution >= 0.6 is 0 Å². The van der Waals surface area contributed by atoms with Crippen molar-refractivity contribution in [1.29, 1.82) is 0 Å². The van der Waals surface area contributed by atoms with Crippen molar-refractivity contribution < 1.29 is 14.7 Å². The predicted molar refractivity (Wildman–Crippen MR) is 97.5 cm³/mol. The number of pyridine rings is 1. The third-order valence-electron chi connectivity index (χ3n) is 5.43. The highest BCUT2D eigenvalue weighted by molar-refractivity contribution is 5.96. The van der Waals surface area contributed by atoms with Gasteiger partial charge >= 0.3 is 5.97 Å². The highest BCUT2D eigenvalue weighted by Crippen LogP contribution is 2.48. The lowest BCUT2D eigenvalue weighted by atomic mass is 9.82. The smallest absolute Gasteiger partial charge is 0.307 e. The van der Waals surface area contributed by atoms with Crippen LogP contribution in [0.25, 0.3) is 0 Å². The van der Waals surface area contributed by atoms with Crippen molar-refractivity contribution in [1.82, 2.24) is 4.98 Å². The van der Waals surface area contributed by atoms with E-state index in [9.17, 15) is 14.7 Å². The van der Waals surface area contributed by atoms with E-state index in [0.29, 0.717) is 5.69 Å². The highest BCUT2D eigenvalue weighted by atomic mass is 16.4. The van der Waals surface area contributed by atoms with Gasteiger partial charge in [-0.1, -0.05) is 24.3 Å². The van der Waals surface area contributed by atoms with Crippen LogP contribution in [0, 0.1) is 23.7 Å². The van der Waals surface area contributed by atoms with Crippen LogP contribution in [-0.4, -0.2) is 22.0 Å². The summed E-state index contributed by atoms with van der Waals surface area (Å²) >= 11 is 0. The number of hydrogen-bond donors (Lipinski definition) is 2. The molecule has 5 heteroatoms. The maximum Gasteiger partial charge on any atom is 0.307 e. The normalized spacial score (nSPS) is 26.0. The number of nitrogens with one attached hydrogen (secondary N) is 1. The van der Waals surface area contributed by atoms with E-state index in [0.717, 1.165) is 18.4 Å². The number of anilines is 1. The van der Waals surface area contributed by atoms with Gasteiger partial charge in [-0.05, 0) is 60.1 Å². The first-order chi connectivity index (χ1) is 12.6. The Kier molecular flexibility index (Phi) is 4.29. The van der Waals surface area contributed by atoms with Crippen molar-refractivity contribution >= 4 is 17.6 Å². The number of hydrogen-bond acceptors (Lipinski definition) is 3. The number of fused-ring (bicyclic) bond motifs is 2. The van der Waals surface area contributed by atoms with Crippen LogP contribution in [-0.2, 0) is 16.0 Å². The summed E-state index contributed by atoms with van der Waals surface area (Å²) in [6, 6.07) is 11.6. The second-order valence-electron chi connectivity index (χ2n) is 7.06. The molecule has 0 radical (unpaired) electrons. The van der Waals surface area contributed by atoms with Crippen molar-refractivity contribution in [2.24, 2.45) is 23.7 Å². The fraction of sp³-hybridized carbons (Fsp3) is 0.286. The molecule has 2 bridgehead atoms. The van der Waals surface area contributed by atoms with E-state index in [1.807, 2.05) is 48.6 Å². The number of nitrogens with zero attached hydrogens (tertiary/aromatic N) is 1. The van der Waals surface area contributed by atoms with E-state index in [-0.39, 0.29) is 17.7 Å². The Balaban J connectivity index is 1.43. The zero-order chi connectivity index (χ0) is 18.1. The lowest BCUT2D eigenvalue weighted by molar-refractivity contribution is -0.146. The lowest BCUT2D eigenvalue weighted by Gasteiger charge is -2.23. The molecule has 5 nitrogen and oxygen atoms in total. The molecule has 0 spiro atoms. The molecule has 4 atom stereocenters. The molecule has 1 fully saturated rings. The zero-order valence-electron chi connectivity index (χ0n) is 14.2. The van der Waals surface area contributed by atoms with Gasteiger partial charge in [0.2, 0.25) is 5.91 Å². The fourth-order valence-corrected chi connectivity index (χ4v) is 4.18. The van der Waals surface area contributed by atoms with Crippen LogP contribution in [0.15, 0.2) is 60.9 Å². The van der Waals surface area contributed by atoms with Crippen LogP contribution in [0.3, 0.4) is 0 Å². The lowest BCUT2D eigenvalue weighted by Crippen LogP contribution is -2.36. The highest BCUT2D eigenvalue weighted by Gasteiger charge is 2.51. The van der Waals surface area contributed by atoms with E-state index >= 15 is 0 Å². The molecule has 1 heterocycles. The van der Waals surface area contributed by atoms with Crippen molar-refractivity contribution in [3.63, 3.8) is 0 Å². The van der Waals surface area contributed by atoms with Crippen LogP contribution in [0.5, 0.6) is 0 Å². The van der Waals surface area contributed by atoms with Gasteiger partial charge in [-0.3, -0.25) is 14.6 Å². The Labute approximate surface area is 151 Å². The second-order valence-corrected chi connectivity index (χ2v) is 7.06. The number of rotatable bonds is 5. The molecule has 1 aromatic carbocycles. The van der Waals surface area contributed by atoms with E-state index in [2.05, 4.69) is 10.3 Å². The molecule has 0 saturated heterocycles. The molecule has 4 rings (SSSR count). The SMILES string of the molecule is O=C(O)[C@@H]1[C@H](C(=O)Nc2ccc(Cc3ccncc3)cc2)[C@@H]2C=C[C@H]1C2. The average Bonchev–Trinajstić information content (AvgIpc) is 3.25. The van der Waals surface area contributed by atoms with Gasteiger partial charge in [0.15, 0.2) is 0 Å². The predicted octanol–water partition coefficient (Wildman–Crippen LogP) is 3.13. The quantitative estimate of drug-likeness (QED) is 0.814. The number of amides is 1. The summed E-state index contributed by atoms with van der Waals surface area (Å²) < 4.78 is 0. The number of carboxylic acid groups (broad SMARTS) is 1. The average molecular weight is 348 g/mol. The van der Waals surface area contributed by atoms with E-state index in [4.69, 9.17) is 0 Å². The molecule has 132 valence electrons. The molecule has 2 aromatic rings. The minimum Gasteiger partial charge on any atom is -0.481 e. The van der Waals surface area contributed by atoms with Gasteiger partial charge in [-0.25, -0.2) is 0 Å². The molecule has 2 aliphatic rings. The van der Waals surface area contributed by atoms with Crippen molar-refractivity contribution in [3.05, 3.63) is 72.1 Å². The molecule has 0 aliphatic heterocycles. The third-order valence-corrected chi connectivity index (χ3v) is 5.43. The Morgan fingerprint density at radius 1 is 0.962 bits per heavy atom. The summed E-state index contributed by atoms with van der Waals surface area (Å²) in [7, 11) is 0. The Hall–Kier alpha value is -2.95. The number of carboxylic acids is 1. The van der Waals surface area contributed by atoms with Gasteiger partial charge in [0.1, 0.15) is 0 Å². The van der Waals surface area contributed by atoms with Crippen LogP contribution in [0.2, 0.25) is 0 Å². The van der Waals surface area contributed by atoms with Gasteiger partial charge in [-0.15, -0.1) is 0 Å². The van der Waals surface area contributed by atoms with Crippen LogP contribution in [0.1, 0.15) is 17.5 Å². The standard InChI is InChI=1S/C21H20N2O3/c24-20(18-15-3-4-16(12-15)19(18)21(25)26)23-17-5-1-13(2-6-17)11-14-7-9-22-10-8-14/h1-10,15-16,18-19H,11-12H2,(H,23,24)(H,25,26)/t15-,16+,18-,19+/m1/s1. The topological polar surface area (TPSA) is 79.3 Å². The first-order valence-electron chi connectivity index (χ1n) is 8.81. The number of benzene rings is 1. The summed E-state index contributed by atoms with van der Waals surface area (Å²) in [6.45, 7) is 0. The molecular weight excluding hydrogens is 328 g/mol. The second kappa shape index (κ2) is 6.75. The third kappa shape index (κ3) is 3.12. The summed E-state index contributed by atoms with van der Waals surface area (Å²) in [5.74, 6) is -2.16. The first-order valence-corrected chi connectivity index (χ1v) is 8.81. The Bertz CT molecular complexity index is 845. The van der Waals surface area contributed by atoms with Crippen LogP contribution < -0.4 is 5.32 Å².